The molecule has 0 radical (unpaired) electrons. The minimum Gasteiger partial charge on any atom is -0.351 e. The van der Waals surface area contributed by atoms with E-state index in [1.807, 2.05) is 77.5 Å². The van der Waals surface area contributed by atoms with Crippen LogP contribution in [0.15, 0.2) is 77.5 Å². The fraction of sp³-hybridized carbons (Fsp3) is 0.286. The summed E-state index contributed by atoms with van der Waals surface area (Å²) in [4.78, 5) is 34.6. The minimum absolute atomic E-state index is 0.0981. The fourth-order valence-electron chi connectivity index (χ4n) is 4.71. The third kappa shape index (κ3) is 5.57. The van der Waals surface area contributed by atoms with Gasteiger partial charge < -0.3 is 15.2 Å². The SMILES string of the molecule is O=C(NC1CCCCC1)C(c1cccs1)N(Cc1cccs1)C(=O)c1ccc(-c2ccccc2)[nH]1. The number of hydrogen-bond acceptors (Lipinski definition) is 4. The number of carbonyl (C=O) groups is 2. The molecule has 1 aliphatic carbocycles. The van der Waals surface area contributed by atoms with Crippen molar-refractivity contribution in [1.29, 1.82) is 0 Å². The van der Waals surface area contributed by atoms with Gasteiger partial charge in [-0.1, -0.05) is 61.7 Å². The van der Waals surface area contributed by atoms with Gasteiger partial charge in [0.15, 0.2) is 0 Å². The van der Waals surface area contributed by atoms with Crippen molar-refractivity contribution >= 4 is 34.5 Å². The number of rotatable bonds is 8. The van der Waals surface area contributed by atoms with Crippen molar-refractivity contribution in [1.82, 2.24) is 15.2 Å². The number of carbonyl (C=O) groups excluding carboxylic acids is 2. The standard InChI is InChI=1S/C28H29N3O2S2/c32-27(29-21-11-5-2-6-12-21)26(25-14-8-18-35-25)31(19-22-13-7-17-34-22)28(33)24-16-15-23(30-24)20-9-3-1-4-10-20/h1,3-4,7-10,13-18,21,26,30H,2,5-6,11-12,19H2,(H,29,32). The Morgan fingerprint density at radius 3 is 2.40 bits per heavy atom. The number of nitrogens with zero attached hydrogens (tertiary/aromatic N) is 1. The predicted molar refractivity (Wildman–Crippen MR) is 142 cm³/mol. The second-order valence-electron chi connectivity index (χ2n) is 8.93. The molecule has 2 N–H and O–H groups in total. The van der Waals surface area contributed by atoms with Gasteiger partial charge in [0.25, 0.3) is 5.91 Å². The Kier molecular flexibility index (Phi) is 7.45. The van der Waals surface area contributed by atoms with Crippen LogP contribution in [0.3, 0.4) is 0 Å². The van der Waals surface area contributed by atoms with Gasteiger partial charge in [0.2, 0.25) is 5.91 Å². The van der Waals surface area contributed by atoms with Crippen LogP contribution in [0.25, 0.3) is 11.3 Å². The molecule has 1 aliphatic rings. The van der Waals surface area contributed by atoms with Crippen LogP contribution in [-0.2, 0) is 11.3 Å². The van der Waals surface area contributed by atoms with E-state index in [0.29, 0.717) is 12.2 Å². The molecule has 1 unspecified atom stereocenters. The Labute approximate surface area is 213 Å². The van der Waals surface area contributed by atoms with Gasteiger partial charge in [-0.05, 0) is 53.4 Å². The lowest BCUT2D eigenvalue weighted by Gasteiger charge is -2.32. The second kappa shape index (κ2) is 11.1. The van der Waals surface area contributed by atoms with E-state index < -0.39 is 6.04 Å². The van der Waals surface area contributed by atoms with Crippen LogP contribution < -0.4 is 5.32 Å². The van der Waals surface area contributed by atoms with Crippen molar-refractivity contribution in [3.8, 4) is 11.3 Å². The molecule has 0 saturated heterocycles. The molecular weight excluding hydrogens is 474 g/mol. The molecule has 35 heavy (non-hydrogen) atoms. The summed E-state index contributed by atoms with van der Waals surface area (Å²) in [5.74, 6) is -0.281. The first-order valence-electron chi connectivity index (χ1n) is 12.1. The quantitative estimate of drug-likeness (QED) is 0.283. The van der Waals surface area contributed by atoms with Crippen molar-refractivity contribution in [3.63, 3.8) is 0 Å². The van der Waals surface area contributed by atoms with E-state index in [0.717, 1.165) is 46.7 Å². The number of nitrogens with one attached hydrogen (secondary N) is 2. The van der Waals surface area contributed by atoms with Gasteiger partial charge in [0, 0.05) is 21.5 Å². The Hall–Kier alpha value is -3.16. The summed E-state index contributed by atoms with van der Waals surface area (Å²) in [6.07, 6.45) is 5.49. The monoisotopic (exact) mass is 503 g/mol. The van der Waals surface area contributed by atoms with Crippen LogP contribution in [0, 0.1) is 0 Å². The van der Waals surface area contributed by atoms with Crippen molar-refractivity contribution in [2.45, 2.75) is 50.7 Å². The molecule has 1 saturated carbocycles. The highest BCUT2D eigenvalue weighted by Gasteiger charge is 2.35. The molecule has 4 aromatic rings. The molecule has 1 aromatic carbocycles. The molecular formula is C28H29N3O2S2. The van der Waals surface area contributed by atoms with Crippen LogP contribution in [-0.4, -0.2) is 27.7 Å². The molecule has 1 atom stereocenters. The molecule has 7 heteroatoms. The zero-order valence-corrected chi connectivity index (χ0v) is 21.1. The summed E-state index contributed by atoms with van der Waals surface area (Å²) in [6.45, 7) is 0.372. The van der Waals surface area contributed by atoms with Gasteiger partial charge in [0.1, 0.15) is 11.7 Å². The van der Waals surface area contributed by atoms with Gasteiger partial charge in [-0.2, -0.15) is 0 Å². The van der Waals surface area contributed by atoms with Crippen LogP contribution in [0.1, 0.15) is 58.4 Å². The third-order valence-electron chi connectivity index (χ3n) is 6.49. The van der Waals surface area contributed by atoms with Gasteiger partial charge >= 0.3 is 0 Å². The molecule has 2 amide bonds. The number of thiophene rings is 2. The van der Waals surface area contributed by atoms with Crippen molar-refractivity contribution < 1.29 is 9.59 Å². The molecule has 5 rings (SSSR count). The maximum Gasteiger partial charge on any atom is 0.271 e. The summed E-state index contributed by atoms with van der Waals surface area (Å²) >= 11 is 3.11. The van der Waals surface area contributed by atoms with Gasteiger partial charge in [-0.3, -0.25) is 9.59 Å². The summed E-state index contributed by atoms with van der Waals surface area (Å²) in [5.41, 5.74) is 2.37. The van der Waals surface area contributed by atoms with Gasteiger partial charge in [-0.25, -0.2) is 0 Å². The molecule has 5 nitrogen and oxygen atoms in total. The van der Waals surface area contributed by atoms with E-state index in [9.17, 15) is 9.59 Å². The number of H-pyrrole nitrogens is 1. The first-order chi connectivity index (χ1) is 17.2. The molecule has 0 bridgehead atoms. The number of benzene rings is 1. The lowest BCUT2D eigenvalue weighted by molar-refractivity contribution is -0.127. The summed E-state index contributed by atoms with van der Waals surface area (Å²) in [7, 11) is 0. The van der Waals surface area contributed by atoms with E-state index in [1.54, 1.807) is 16.2 Å². The zero-order valence-electron chi connectivity index (χ0n) is 19.5. The number of amides is 2. The number of hydrogen-bond donors (Lipinski definition) is 2. The average molecular weight is 504 g/mol. The highest BCUT2D eigenvalue weighted by Crippen LogP contribution is 2.31. The third-order valence-corrected chi connectivity index (χ3v) is 8.28. The van der Waals surface area contributed by atoms with Crippen molar-refractivity contribution in [2.24, 2.45) is 0 Å². The highest BCUT2D eigenvalue weighted by atomic mass is 32.1. The summed E-state index contributed by atoms with van der Waals surface area (Å²) in [6, 6.07) is 21.1. The number of aromatic amines is 1. The first-order valence-corrected chi connectivity index (χ1v) is 13.9. The van der Waals surface area contributed by atoms with Crippen LogP contribution in [0.2, 0.25) is 0 Å². The van der Waals surface area contributed by atoms with Gasteiger partial charge in [-0.15, -0.1) is 22.7 Å². The number of aromatic nitrogens is 1. The molecule has 1 fully saturated rings. The molecule has 3 aromatic heterocycles. The minimum atomic E-state index is -0.685. The van der Waals surface area contributed by atoms with E-state index in [1.165, 1.54) is 17.8 Å². The summed E-state index contributed by atoms with van der Waals surface area (Å²) < 4.78 is 0. The van der Waals surface area contributed by atoms with E-state index in [4.69, 9.17) is 0 Å². The Morgan fingerprint density at radius 1 is 0.914 bits per heavy atom. The van der Waals surface area contributed by atoms with Crippen LogP contribution >= 0.6 is 22.7 Å². The Balaban J connectivity index is 1.47. The van der Waals surface area contributed by atoms with E-state index in [-0.39, 0.29) is 17.9 Å². The van der Waals surface area contributed by atoms with Crippen molar-refractivity contribution in [2.75, 3.05) is 0 Å². The molecule has 3 heterocycles. The van der Waals surface area contributed by atoms with Crippen LogP contribution in [0.5, 0.6) is 0 Å². The average Bonchev–Trinajstić information content (AvgIpc) is 3.68. The maximum atomic E-state index is 14.0. The maximum absolute atomic E-state index is 14.0. The molecule has 0 aliphatic heterocycles. The predicted octanol–water partition coefficient (Wildman–Crippen LogP) is 6.64. The Bertz CT molecular complexity index is 1230. The smallest absolute Gasteiger partial charge is 0.271 e. The van der Waals surface area contributed by atoms with E-state index in [2.05, 4.69) is 10.3 Å². The van der Waals surface area contributed by atoms with Gasteiger partial charge in [0.05, 0.1) is 6.54 Å². The van der Waals surface area contributed by atoms with Crippen LogP contribution in [0.4, 0.5) is 0 Å². The summed E-state index contributed by atoms with van der Waals surface area (Å²) in [5, 5.41) is 7.24. The van der Waals surface area contributed by atoms with Crippen molar-refractivity contribution in [3.05, 3.63) is 92.9 Å². The normalized spacial score (nSPS) is 15.0. The molecule has 180 valence electrons. The first kappa shape index (κ1) is 23.6. The fourth-order valence-corrected chi connectivity index (χ4v) is 6.25. The topological polar surface area (TPSA) is 65.2 Å². The lowest BCUT2D eigenvalue weighted by atomic mass is 9.95. The zero-order chi connectivity index (χ0) is 24.0. The molecule has 0 spiro atoms. The highest BCUT2D eigenvalue weighted by molar-refractivity contribution is 7.10. The lowest BCUT2D eigenvalue weighted by Crippen LogP contribution is -2.46. The second-order valence-corrected chi connectivity index (χ2v) is 10.9. The Morgan fingerprint density at radius 2 is 1.69 bits per heavy atom. The largest absolute Gasteiger partial charge is 0.351 e. The van der Waals surface area contributed by atoms with E-state index >= 15 is 0 Å².